The van der Waals surface area contributed by atoms with Gasteiger partial charge in [-0.05, 0) is 53.8 Å². The van der Waals surface area contributed by atoms with E-state index in [1.807, 2.05) is 12.1 Å². The number of nitrogens with one attached hydrogen (secondary N) is 1. The number of hydrogen-bond donors (Lipinski definition) is 1. The Morgan fingerprint density at radius 3 is 2.67 bits per heavy atom. The second-order valence-corrected chi connectivity index (χ2v) is 6.86. The lowest BCUT2D eigenvalue weighted by molar-refractivity contribution is -0.274. The van der Waals surface area contributed by atoms with Crippen LogP contribution in [-0.4, -0.2) is 24.9 Å². The molecule has 2 aliphatic rings. The number of fused-ring (bicyclic) bond motifs is 1. The molecule has 0 radical (unpaired) electrons. The summed E-state index contributed by atoms with van der Waals surface area (Å²) in [6, 6.07) is 11.4. The van der Waals surface area contributed by atoms with Gasteiger partial charge in [-0.25, -0.2) is 0 Å². The van der Waals surface area contributed by atoms with E-state index in [1.165, 1.54) is 18.2 Å². The molecule has 142 valence electrons. The SMILES string of the molecule is O=C(NCC1Cc2cc(-c3cccc(OC(F)(F)F)c3)ccc2O1)C1CC1. The first-order chi connectivity index (χ1) is 12.9. The van der Waals surface area contributed by atoms with Crippen LogP contribution in [0.15, 0.2) is 42.5 Å². The number of carbonyl (C=O) groups is 1. The van der Waals surface area contributed by atoms with Gasteiger partial charge >= 0.3 is 6.36 Å². The van der Waals surface area contributed by atoms with Crippen LogP contribution in [-0.2, 0) is 11.2 Å². The molecule has 1 saturated carbocycles. The first kappa shape index (κ1) is 17.7. The van der Waals surface area contributed by atoms with Gasteiger partial charge in [0.2, 0.25) is 5.91 Å². The van der Waals surface area contributed by atoms with Crippen LogP contribution < -0.4 is 14.8 Å². The Hall–Kier alpha value is -2.70. The van der Waals surface area contributed by atoms with Crippen LogP contribution in [0.5, 0.6) is 11.5 Å². The van der Waals surface area contributed by atoms with E-state index >= 15 is 0 Å². The molecule has 2 aromatic rings. The Labute approximate surface area is 154 Å². The van der Waals surface area contributed by atoms with E-state index in [9.17, 15) is 18.0 Å². The van der Waals surface area contributed by atoms with Gasteiger partial charge in [0, 0.05) is 12.3 Å². The van der Waals surface area contributed by atoms with Gasteiger partial charge in [-0.3, -0.25) is 4.79 Å². The summed E-state index contributed by atoms with van der Waals surface area (Å²) >= 11 is 0. The molecule has 1 fully saturated rings. The molecule has 1 aliphatic heterocycles. The quantitative estimate of drug-likeness (QED) is 0.854. The van der Waals surface area contributed by atoms with Crippen LogP contribution >= 0.6 is 0 Å². The van der Waals surface area contributed by atoms with Gasteiger partial charge in [-0.2, -0.15) is 0 Å². The predicted octanol–water partition coefficient (Wildman–Crippen LogP) is 4.08. The number of ether oxygens (including phenoxy) is 2. The van der Waals surface area contributed by atoms with Gasteiger partial charge < -0.3 is 14.8 Å². The fraction of sp³-hybridized carbons (Fsp3) is 0.350. The van der Waals surface area contributed by atoms with Crippen molar-refractivity contribution in [2.75, 3.05) is 6.54 Å². The highest BCUT2D eigenvalue weighted by Gasteiger charge is 2.32. The third-order valence-electron chi connectivity index (χ3n) is 4.65. The first-order valence-electron chi connectivity index (χ1n) is 8.81. The number of hydrogen-bond acceptors (Lipinski definition) is 3. The molecular formula is C20H18F3NO3. The second-order valence-electron chi connectivity index (χ2n) is 6.86. The van der Waals surface area contributed by atoms with Crippen molar-refractivity contribution in [2.24, 2.45) is 5.92 Å². The fourth-order valence-corrected chi connectivity index (χ4v) is 3.19. The standard InChI is InChI=1S/C20H18F3NO3/c21-20(22,23)27-16-3-1-2-13(9-16)14-6-7-18-15(8-14)10-17(26-18)11-24-19(25)12-4-5-12/h1-3,6-9,12,17H,4-5,10-11H2,(H,24,25). The zero-order valence-electron chi connectivity index (χ0n) is 14.4. The van der Waals surface area contributed by atoms with Gasteiger partial charge in [0.15, 0.2) is 0 Å². The van der Waals surface area contributed by atoms with Crippen LogP contribution in [0.2, 0.25) is 0 Å². The van der Waals surface area contributed by atoms with E-state index < -0.39 is 6.36 Å². The van der Waals surface area contributed by atoms with Gasteiger partial charge in [-0.15, -0.1) is 13.2 Å². The summed E-state index contributed by atoms with van der Waals surface area (Å²) in [7, 11) is 0. The van der Waals surface area contributed by atoms with Crippen LogP contribution in [0.25, 0.3) is 11.1 Å². The zero-order valence-corrected chi connectivity index (χ0v) is 14.4. The van der Waals surface area contributed by atoms with E-state index in [2.05, 4.69) is 10.1 Å². The molecular weight excluding hydrogens is 359 g/mol. The van der Waals surface area contributed by atoms with Crippen molar-refractivity contribution in [3.8, 4) is 22.6 Å². The van der Waals surface area contributed by atoms with Crippen LogP contribution in [0.3, 0.4) is 0 Å². The molecule has 0 spiro atoms. The number of alkyl halides is 3. The number of carbonyl (C=O) groups excluding carboxylic acids is 1. The Morgan fingerprint density at radius 1 is 1.15 bits per heavy atom. The summed E-state index contributed by atoms with van der Waals surface area (Å²) in [6.45, 7) is 0.453. The van der Waals surface area contributed by atoms with E-state index in [0.717, 1.165) is 29.7 Å². The monoisotopic (exact) mass is 377 g/mol. The Balaban J connectivity index is 1.44. The highest BCUT2D eigenvalue weighted by Crippen LogP contribution is 2.35. The van der Waals surface area contributed by atoms with Crippen molar-refractivity contribution in [3.63, 3.8) is 0 Å². The second kappa shape index (κ2) is 6.79. The topological polar surface area (TPSA) is 47.6 Å². The average Bonchev–Trinajstić information content (AvgIpc) is 3.38. The molecule has 0 saturated heterocycles. The molecule has 1 heterocycles. The number of halogens is 3. The number of amides is 1. The van der Waals surface area contributed by atoms with Gasteiger partial charge in [0.05, 0.1) is 6.54 Å². The van der Waals surface area contributed by atoms with Gasteiger partial charge in [0.25, 0.3) is 0 Å². The third-order valence-corrected chi connectivity index (χ3v) is 4.65. The van der Waals surface area contributed by atoms with Crippen molar-refractivity contribution in [1.82, 2.24) is 5.32 Å². The summed E-state index contributed by atoms with van der Waals surface area (Å²) in [5, 5.41) is 2.91. The van der Waals surface area contributed by atoms with Crippen LogP contribution in [0.4, 0.5) is 13.2 Å². The minimum Gasteiger partial charge on any atom is -0.488 e. The van der Waals surface area contributed by atoms with E-state index in [-0.39, 0.29) is 23.7 Å². The van der Waals surface area contributed by atoms with E-state index in [1.54, 1.807) is 12.1 Å². The average molecular weight is 377 g/mol. The Bertz CT molecular complexity index is 862. The smallest absolute Gasteiger partial charge is 0.488 e. The summed E-state index contributed by atoms with van der Waals surface area (Å²) in [6.07, 6.45) is -2.29. The molecule has 1 aliphatic carbocycles. The first-order valence-corrected chi connectivity index (χ1v) is 8.81. The lowest BCUT2D eigenvalue weighted by atomic mass is 10.0. The summed E-state index contributed by atoms with van der Waals surface area (Å²) in [4.78, 5) is 11.7. The van der Waals surface area contributed by atoms with Crippen LogP contribution in [0.1, 0.15) is 18.4 Å². The molecule has 2 aromatic carbocycles. The molecule has 4 nitrogen and oxygen atoms in total. The van der Waals surface area contributed by atoms with Gasteiger partial charge in [0.1, 0.15) is 17.6 Å². The van der Waals surface area contributed by atoms with Crippen LogP contribution in [0, 0.1) is 5.92 Å². The summed E-state index contributed by atoms with van der Waals surface area (Å²) < 4.78 is 47.1. The lowest BCUT2D eigenvalue weighted by Gasteiger charge is -2.11. The molecule has 7 heteroatoms. The highest BCUT2D eigenvalue weighted by atomic mass is 19.4. The maximum absolute atomic E-state index is 12.4. The molecule has 1 unspecified atom stereocenters. The number of rotatable bonds is 5. The highest BCUT2D eigenvalue weighted by molar-refractivity contribution is 5.80. The van der Waals surface area contributed by atoms with Gasteiger partial charge in [-0.1, -0.05) is 18.2 Å². The molecule has 0 aromatic heterocycles. The molecule has 4 rings (SSSR count). The largest absolute Gasteiger partial charge is 0.573 e. The molecule has 0 bridgehead atoms. The lowest BCUT2D eigenvalue weighted by Crippen LogP contribution is -2.35. The normalized spacial score (nSPS) is 18.6. The predicted molar refractivity (Wildman–Crippen MR) is 92.4 cm³/mol. The molecule has 1 N–H and O–H groups in total. The van der Waals surface area contributed by atoms with E-state index in [0.29, 0.717) is 18.5 Å². The maximum atomic E-state index is 12.4. The summed E-state index contributed by atoms with van der Waals surface area (Å²) in [5.41, 5.74) is 2.39. The third kappa shape index (κ3) is 4.35. The minimum absolute atomic E-state index is 0.0803. The van der Waals surface area contributed by atoms with E-state index in [4.69, 9.17) is 4.74 Å². The summed E-state index contributed by atoms with van der Waals surface area (Å²) in [5.74, 6) is 0.729. The van der Waals surface area contributed by atoms with Crippen molar-refractivity contribution in [2.45, 2.75) is 31.7 Å². The number of benzene rings is 2. The molecule has 1 amide bonds. The van der Waals surface area contributed by atoms with Crippen molar-refractivity contribution in [1.29, 1.82) is 0 Å². The fourth-order valence-electron chi connectivity index (χ4n) is 3.19. The minimum atomic E-state index is -4.72. The zero-order chi connectivity index (χ0) is 19.0. The van der Waals surface area contributed by atoms with Crippen molar-refractivity contribution >= 4 is 5.91 Å². The van der Waals surface area contributed by atoms with Crippen molar-refractivity contribution < 1.29 is 27.4 Å². The van der Waals surface area contributed by atoms with Crippen molar-refractivity contribution in [3.05, 3.63) is 48.0 Å². The Morgan fingerprint density at radius 2 is 1.93 bits per heavy atom. The molecule has 1 atom stereocenters. The molecule has 27 heavy (non-hydrogen) atoms. The Kier molecular flexibility index (Phi) is 4.45. The maximum Gasteiger partial charge on any atom is 0.573 e.